The summed E-state index contributed by atoms with van der Waals surface area (Å²) in [6.07, 6.45) is -6.97. The van der Waals surface area contributed by atoms with Crippen molar-refractivity contribution < 1.29 is 40.2 Å². The Labute approximate surface area is 184 Å². The molecule has 0 bridgehead atoms. The predicted octanol–water partition coefficient (Wildman–Crippen LogP) is -0.909. The SMILES string of the molecule is CC(C)(C)NC(=O)NC(COC1CC(CO)C(O)C(O)C1O)C(O)CC(O)C(C)(C)C. The first-order valence-corrected chi connectivity index (χ1v) is 10.8. The van der Waals surface area contributed by atoms with Crippen LogP contribution in [-0.4, -0.2) is 98.1 Å². The lowest BCUT2D eigenvalue weighted by atomic mass is 9.81. The van der Waals surface area contributed by atoms with Crippen molar-refractivity contribution in [2.45, 2.75) is 103 Å². The second kappa shape index (κ2) is 11.2. The van der Waals surface area contributed by atoms with Gasteiger partial charge in [0, 0.05) is 24.5 Å². The van der Waals surface area contributed by atoms with Crippen LogP contribution in [0.1, 0.15) is 54.4 Å². The zero-order valence-electron chi connectivity index (χ0n) is 19.4. The second-order valence-electron chi connectivity index (χ2n) is 10.7. The van der Waals surface area contributed by atoms with E-state index in [0.29, 0.717) is 0 Å². The number of hydrogen-bond acceptors (Lipinski definition) is 8. The molecule has 0 aromatic rings. The molecule has 0 aromatic heterocycles. The lowest BCUT2D eigenvalue weighted by Gasteiger charge is -2.40. The van der Waals surface area contributed by atoms with Crippen molar-refractivity contribution in [3.05, 3.63) is 0 Å². The molecular weight excluding hydrogens is 408 g/mol. The number of aliphatic hydroxyl groups excluding tert-OH is 6. The highest BCUT2D eigenvalue weighted by Crippen LogP contribution is 2.28. The molecule has 8 N–H and O–H groups in total. The molecule has 1 aliphatic rings. The molecule has 1 rings (SSSR count). The number of aliphatic hydroxyl groups is 6. The molecule has 0 radical (unpaired) electrons. The first-order chi connectivity index (χ1) is 14.1. The molecule has 10 nitrogen and oxygen atoms in total. The molecular formula is C21H42N2O8. The molecule has 10 heteroatoms. The van der Waals surface area contributed by atoms with E-state index in [4.69, 9.17) is 4.74 Å². The van der Waals surface area contributed by atoms with Crippen LogP contribution in [0.3, 0.4) is 0 Å². The molecule has 0 aliphatic heterocycles. The second-order valence-corrected chi connectivity index (χ2v) is 10.7. The van der Waals surface area contributed by atoms with E-state index in [2.05, 4.69) is 10.6 Å². The van der Waals surface area contributed by atoms with Gasteiger partial charge < -0.3 is 46.0 Å². The van der Waals surface area contributed by atoms with Gasteiger partial charge in [0.1, 0.15) is 12.2 Å². The van der Waals surface area contributed by atoms with E-state index in [9.17, 15) is 35.4 Å². The molecule has 0 aromatic carbocycles. The van der Waals surface area contributed by atoms with Gasteiger partial charge in [0.2, 0.25) is 0 Å². The highest BCUT2D eigenvalue weighted by molar-refractivity contribution is 5.75. The summed E-state index contributed by atoms with van der Waals surface area (Å²) in [6.45, 7) is 10.3. The number of rotatable bonds is 8. The third-order valence-corrected chi connectivity index (χ3v) is 5.56. The van der Waals surface area contributed by atoms with E-state index >= 15 is 0 Å². The molecule has 8 atom stereocenters. The van der Waals surface area contributed by atoms with E-state index < -0.39 is 65.6 Å². The van der Waals surface area contributed by atoms with E-state index in [0.717, 1.165) is 0 Å². The maximum absolute atomic E-state index is 12.4. The minimum absolute atomic E-state index is 0.0127. The maximum Gasteiger partial charge on any atom is 0.315 e. The molecule has 2 amide bonds. The van der Waals surface area contributed by atoms with Gasteiger partial charge in [0.15, 0.2) is 0 Å². The van der Waals surface area contributed by atoms with Crippen molar-refractivity contribution >= 4 is 6.03 Å². The molecule has 1 saturated carbocycles. The van der Waals surface area contributed by atoms with Gasteiger partial charge in [0.25, 0.3) is 0 Å². The van der Waals surface area contributed by atoms with E-state index in [1.54, 1.807) is 20.8 Å². The monoisotopic (exact) mass is 450 g/mol. The number of ether oxygens (including phenoxy) is 1. The summed E-state index contributed by atoms with van der Waals surface area (Å²) < 4.78 is 5.71. The van der Waals surface area contributed by atoms with Gasteiger partial charge in [-0.05, 0) is 32.6 Å². The van der Waals surface area contributed by atoms with Crippen LogP contribution in [0.5, 0.6) is 0 Å². The van der Waals surface area contributed by atoms with Crippen LogP contribution in [0.2, 0.25) is 0 Å². The summed E-state index contributed by atoms with van der Waals surface area (Å²) in [5.41, 5.74) is -0.992. The van der Waals surface area contributed by atoms with Crippen molar-refractivity contribution in [1.29, 1.82) is 0 Å². The minimum atomic E-state index is -1.49. The average Bonchev–Trinajstić information content (AvgIpc) is 2.62. The van der Waals surface area contributed by atoms with Gasteiger partial charge in [-0.1, -0.05) is 20.8 Å². The Kier molecular flexibility index (Phi) is 10.1. The van der Waals surface area contributed by atoms with Crippen LogP contribution in [0.25, 0.3) is 0 Å². The van der Waals surface area contributed by atoms with Crippen LogP contribution in [0.15, 0.2) is 0 Å². The van der Waals surface area contributed by atoms with Gasteiger partial charge >= 0.3 is 6.03 Å². The molecule has 31 heavy (non-hydrogen) atoms. The van der Waals surface area contributed by atoms with Gasteiger partial charge in [-0.25, -0.2) is 4.79 Å². The molecule has 0 spiro atoms. The normalized spacial score (nSPS) is 30.4. The Morgan fingerprint density at radius 2 is 1.61 bits per heavy atom. The molecule has 184 valence electrons. The highest BCUT2D eigenvalue weighted by atomic mass is 16.5. The first kappa shape index (κ1) is 28.0. The fourth-order valence-corrected chi connectivity index (χ4v) is 3.40. The third kappa shape index (κ3) is 8.80. The summed E-state index contributed by atoms with van der Waals surface area (Å²) in [5.74, 6) is -0.674. The molecule has 0 heterocycles. The van der Waals surface area contributed by atoms with Crippen molar-refractivity contribution in [1.82, 2.24) is 10.6 Å². The van der Waals surface area contributed by atoms with E-state index in [-0.39, 0.29) is 26.1 Å². The molecule has 0 saturated heterocycles. The summed E-state index contributed by atoms with van der Waals surface area (Å²) in [4.78, 5) is 12.4. The lowest BCUT2D eigenvalue weighted by molar-refractivity contribution is -0.181. The Morgan fingerprint density at radius 3 is 2.10 bits per heavy atom. The summed E-state index contributed by atoms with van der Waals surface area (Å²) in [6, 6.07) is -1.44. The van der Waals surface area contributed by atoms with Crippen LogP contribution in [0, 0.1) is 11.3 Å². The molecule has 1 fully saturated rings. The average molecular weight is 451 g/mol. The van der Waals surface area contributed by atoms with Crippen molar-refractivity contribution in [3.63, 3.8) is 0 Å². The smallest absolute Gasteiger partial charge is 0.315 e. The summed E-state index contributed by atoms with van der Waals surface area (Å²) in [7, 11) is 0. The Morgan fingerprint density at radius 1 is 1.03 bits per heavy atom. The van der Waals surface area contributed by atoms with Crippen molar-refractivity contribution in [2.24, 2.45) is 11.3 Å². The van der Waals surface area contributed by atoms with Crippen molar-refractivity contribution in [3.8, 4) is 0 Å². The number of amides is 2. The van der Waals surface area contributed by atoms with Gasteiger partial charge in [-0.3, -0.25) is 0 Å². The summed E-state index contributed by atoms with van der Waals surface area (Å²) in [5, 5.41) is 66.0. The van der Waals surface area contributed by atoms with Crippen LogP contribution in [0.4, 0.5) is 4.79 Å². The number of urea groups is 1. The lowest BCUT2D eigenvalue weighted by Crippen LogP contribution is -2.58. The minimum Gasteiger partial charge on any atom is -0.396 e. The predicted molar refractivity (Wildman–Crippen MR) is 114 cm³/mol. The number of hydrogen-bond donors (Lipinski definition) is 8. The van der Waals surface area contributed by atoms with Crippen molar-refractivity contribution in [2.75, 3.05) is 13.2 Å². The topological polar surface area (TPSA) is 172 Å². The quantitative estimate of drug-likeness (QED) is 0.235. The van der Waals surface area contributed by atoms with E-state index in [1.165, 1.54) is 0 Å². The van der Waals surface area contributed by atoms with Crippen LogP contribution in [-0.2, 0) is 4.74 Å². The summed E-state index contributed by atoms with van der Waals surface area (Å²) >= 11 is 0. The Balaban J connectivity index is 2.88. The maximum atomic E-state index is 12.4. The number of carbonyl (C=O) groups excluding carboxylic acids is 1. The van der Waals surface area contributed by atoms with Gasteiger partial charge in [-0.15, -0.1) is 0 Å². The Hall–Kier alpha value is -1.01. The van der Waals surface area contributed by atoms with Crippen LogP contribution < -0.4 is 10.6 Å². The molecule has 1 aliphatic carbocycles. The third-order valence-electron chi connectivity index (χ3n) is 5.56. The van der Waals surface area contributed by atoms with Gasteiger partial charge in [0.05, 0.1) is 37.1 Å². The zero-order valence-corrected chi connectivity index (χ0v) is 19.4. The fourth-order valence-electron chi connectivity index (χ4n) is 3.40. The Bertz CT molecular complexity index is 561. The standard InChI is InChI=1S/C21H42N2O8/c1-20(2,3)15(26)8-13(25)12(22-19(30)23-21(4,5)6)10-31-14-7-11(9-24)16(27)18(29)17(14)28/h11-18,24-29H,7-10H2,1-6H3,(H2,22,23,30). The molecule has 8 unspecified atom stereocenters. The number of nitrogens with one attached hydrogen (secondary N) is 2. The fraction of sp³-hybridized carbons (Fsp3) is 0.952. The first-order valence-electron chi connectivity index (χ1n) is 10.8. The van der Waals surface area contributed by atoms with E-state index in [1.807, 2.05) is 20.8 Å². The zero-order chi connectivity index (χ0) is 24.1. The van der Waals surface area contributed by atoms with Crippen LogP contribution >= 0.6 is 0 Å². The number of carbonyl (C=O) groups is 1. The largest absolute Gasteiger partial charge is 0.396 e. The highest BCUT2D eigenvalue weighted by Gasteiger charge is 2.43. The van der Waals surface area contributed by atoms with Gasteiger partial charge in [-0.2, -0.15) is 0 Å².